The van der Waals surface area contributed by atoms with E-state index < -0.39 is 0 Å². The van der Waals surface area contributed by atoms with E-state index in [0.29, 0.717) is 12.4 Å². The van der Waals surface area contributed by atoms with Gasteiger partial charge in [-0.3, -0.25) is 0 Å². The van der Waals surface area contributed by atoms with Crippen molar-refractivity contribution in [2.75, 3.05) is 20.7 Å². The predicted octanol–water partition coefficient (Wildman–Crippen LogP) is 1.70. The van der Waals surface area contributed by atoms with Crippen molar-refractivity contribution in [1.29, 1.82) is 0 Å². The number of ether oxygens (including phenoxy) is 1. The number of aromatic nitrogens is 1. The fourth-order valence-corrected chi connectivity index (χ4v) is 0.901. The van der Waals surface area contributed by atoms with Crippen molar-refractivity contribution in [3.63, 3.8) is 0 Å². The van der Waals surface area contributed by atoms with Crippen LogP contribution in [0.5, 0.6) is 5.75 Å². The molecule has 0 aliphatic carbocycles. The lowest BCUT2D eigenvalue weighted by molar-refractivity contribution is 0.340. The molecule has 0 atom stereocenters. The third-order valence-corrected chi connectivity index (χ3v) is 1.45. The summed E-state index contributed by atoms with van der Waals surface area (Å²) < 4.78 is 5.33. The van der Waals surface area contributed by atoms with E-state index in [2.05, 4.69) is 9.98 Å². The van der Waals surface area contributed by atoms with Crippen LogP contribution in [0.3, 0.4) is 0 Å². The van der Waals surface area contributed by atoms with Gasteiger partial charge in [-0.25, -0.2) is 9.98 Å². The maximum atomic E-state index is 5.33. The summed E-state index contributed by atoms with van der Waals surface area (Å²) in [6, 6.07) is 3.63. The number of nitrogens with zero attached hydrogens (tertiary/aromatic N) is 3. The number of hydrogen-bond acceptors (Lipinski definition) is 3. The lowest BCUT2D eigenvalue weighted by Crippen LogP contribution is -2.07. The molecule has 0 saturated heterocycles. The van der Waals surface area contributed by atoms with Gasteiger partial charge in [0.2, 0.25) is 0 Å². The first-order valence-corrected chi connectivity index (χ1v) is 4.52. The second-order valence-electron chi connectivity index (χ2n) is 2.99. The number of rotatable bonds is 4. The molecule has 4 nitrogen and oxygen atoms in total. The number of hydrogen-bond donors (Lipinski definition) is 0. The van der Waals surface area contributed by atoms with Gasteiger partial charge in [0, 0.05) is 26.4 Å². The van der Waals surface area contributed by atoms with Crippen LogP contribution in [0.1, 0.15) is 6.92 Å². The molecule has 0 spiro atoms. The minimum Gasteiger partial charge on any atom is -0.494 e. The minimum atomic E-state index is 0.654. The van der Waals surface area contributed by atoms with Crippen molar-refractivity contribution in [2.45, 2.75) is 6.92 Å². The van der Waals surface area contributed by atoms with E-state index in [0.717, 1.165) is 5.75 Å². The highest BCUT2D eigenvalue weighted by atomic mass is 16.5. The Kier molecular flexibility index (Phi) is 3.91. The van der Waals surface area contributed by atoms with Gasteiger partial charge in [-0.15, -0.1) is 0 Å². The van der Waals surface area contributed by atoms with Gasteiger partial charge in [0.15, 0.2) is 5.82 Å². The van der Waals surface area contributed by atoms with Crippen molar-refractivity contribution >= 4 is 12.2 Å². The molecule has 1 aromatic heterocycles. The van der Waals surface area contributed by atoms with Crippen LogP contribution < -0.4 is 4.74 Å². The molecule has 0 fully saturated rings. The van der Waals surface area contributed by atoms with Crippen LogP contribution in [0.2, 0.25) is 0 Å². The van der Waals surface area contributed by atoms with Crippen LogP contribution in [0, 0.1) is 0 Å². The molecular formula is C10H15N3O. The second-order valence-corrected chi connectivity index (χ2v) is 2.99. The third kappa shape index (κ3) is 3.43. The normalized spacial score (nSPS) is 10.5. The van der Waals surface area contributed by atoms with Crippen LogP contribution in [0.25, 0.3) is 0 Å². The summed E-state index contributed by atoms with van der Waals surface area (Å²) in [5.41, 5.74) is 0. The third-order valence-electron chi connectivity index (χ3n) is 1.45. The molecule has 0 saturated carbocycles. The van der Waals surface area contributed by atoms with Gasteiger partial charge in [-0.05, 0) is 13.0 Å². The van der Waals surface area contributed by atoms with Gasteiger partial charge in [0.25, 0.3) is 0 Å². The van der Waals surface area contributed by atoms with Crippen LogP contribution in [-0.2, 0) is 0 Å². The smallest absolute Gasteiger partial charge is 0.157 e. The molecule has 0 radical (unpaired) electrons. The minimum absolute atomic E-state index is 0.654. The van der Waals surface area contributed by atoms with Crippen LogP contribution in [0.4, 0.5) is 5.82 Å². The average Bonchev–Trinajstić information content (AvgIpc) is 2.16. The topological polar surface area (TPSA) is 37.7 Å². The predicted molar refractivity (Wildman–Crippen MR) is 57.2 cm³/mol. The van der Waals surface area contributed by atoms with Gasteiger partial charge in [0.1, 0.15) is 5.75 Å². The van der Waals surface area contributed by atoms with Crippen molar-refractivity contribution in [3.8, 4) is 5.75 Å². The molecule has 14 heavy (non-hydrogen) atoms. The van der Waals surface area contributed by atoms with Gasteiger partial charge in [-0.1, -0.05) is 0 Å². The highest BCUT2D eigenvalue weighted by molar-refractivity contribution is 5.59. The quantitative estimate of drug-likeness (QED) is 0.539. The van der Waals surface area contributed by atoms with E-state index in [1.807, 2.05) is 38.1 Å². The standard InChI is InChI=1S/C10H15N3O/c1-4-14-9-5-6-11-10(7-9)12-8-13(2)3/h5-8H,4H2,1-3H3/b12-8+. The summed E-state index contributed by atoms with van der Waals surface area (Å²) in [5.74, 6) is 1.46. The van der Waals surface area contributed by atoms with Gasteiger partial charge < -0.3 is 9.64 Å². The first-order chi connectivity index (χ1) is 6.72. The molecule has 1 rings (SSSR count). The van der Waals surface area contributed by atoms with Crippen molar-refractivity contribution in [2.24, 2.45) is 4.99 Å². The van der Waals surface area contributed by atoms with E-state index in [-0.39, 0.29) is 0 Å². The first kappa shape index (κ1) is 10.5. The molecular weight excluding hydrogens is 178 g/mol. The Morgan fingerprint density at radius 3 is 3.00 bits per heavy atom. The molecule has 76 valence electrons. The Hall–Kier alpha value is -1.58. The number of pyridine rings is 1. The highest BCUT2D eigenvalue weighted by Gasteiger charge is 1.94. The van der Waals surface area contributed by atoms with Crippen LogP contribution in [0.15, 0.2) is 23.3 Å². The molecule has 0 N–H and O–H groups in total. The zero-order chi connectivity index (χ0) is 10.4. The Labute approximate surface area is 84.2 Å². The fraction of sp³-hybridized carbons (Fsp3) is 0.400. The number of aliphatic imine (C=N–C) groups is 1. The van der Waals surface area contributed by atoms with E-state index in [9.17, 15) is 0 Å². The Morgan fingerprint density at radius 2 is 2.36 bits per heavy atom. The summed E-state index contributed by atoms with van der Waals surface area (Å²) in [4.78, 5) is 10.1. The van der Waals surface area contributed by atoms with Crippen LogP contribution in [-0.4, -0.2) is 36.9 Å². The highest BCUT2D eigenvalue weighted by Crippen LogP contribution is 2.16. The molecule has 0 unspecified atom stereocenters. The lowest BCUT2D eigenvalue weighted by atomic mass is 10.4. The van der Waals surface area contributed by atoms with E-state index in [1.165, 1.54) is 0 Å². The summed E-state index contributed by atoms with van der Waals surface area (Å²) in [6.45, 7) is 2.60. The van der Waals surface area contributed by atoms with Gasteiger partial charge in [-0.2, -0.15) is 0 Å². The SMILES string of the molecule is CCOc1ccnc(/N=C/N(C)C)c1. The first-order valence-electron chi connectivity index (χ1n) is 4.52. The molecule has 0 amide bonds. The summed E-state index contributed by atoms with van der Waals surface area (Å²) in [6.07, 6.45) is 3.39. The van der Waals surface area contributed by atoms with Crippen molar-refractivity contribution in [3.05, 3.63) is 18.3 Å². The van der Waals surface area contributed by atoms with E-state index in [4.69, 9.17) is 4.74 Å². The van der Waals surface area contributed by atoms with Crippen LogP contribution >= 0.6 is 0 Å². The van der Waals surface area contributed by atoms with Gasteiger partial charge >= 0.3 is 0 Å². The maximum absolute atomic E-state index is 5.33. The monoisotopic (exact) mass is 193 g/mol. The molecule has 1 heterocycles. The fourth-order valence-electron chi connectivity index (χ4n) is 0.901. The molecule has 0 aromatic carbocycles. The molecule has 0 aliphatic rings. The molecule has 0 aliphatic heterocycles. The maximum Gasteiger partial charge on any atom is 0.157 e. The second kappa shape index (κ2) is 5.21. The Morgan fingerprint density at radius 1 is 1.57 bits per heavy atom. The average molecular weight is 193 g/mol. The van der Waals surface area contributed by atoms with E-state index >= 15 is 0 Å². The Bertz CT molecular complexity index is 310. The molecule has 4 heteroatoms. The van der Waals surface area contributed by atoms with Gasteiger partial charge in [0.05, 0.1) is 12.9 Å². The summed E-state index contributed by atoms with van der Waals surface area (Å²) in [5, 5.41) is 0. The largest absolute Gasteiger partial charge is 0.494 e. The molecule has 0 bridgehead atoms. The zero-order valence-corrected chi connectivity index (χ0v) is 8.77. The van der Waals surface area contributed by atoms with E-state index in [1.54, 1.807) is 12.5 Å². The lowest BCUT2D eigenvalue weighted by Gasteiger charge is -2.04. The zero-order valence-electron chi connectivity index (χ0n) is 8.77. The molecule has 1 aromatic rings. The Balaban J connectivity index is 2.73. The summed E-state index contributed by atoms with van der Waals surface area (Å²) in [7, 11) is 3.83. The van der Waals surface area contributed by atoms with Crippen molar-refractivity contribution < 1.29 is 4.74 Å². The summed E-state index contributed by atoms with van der Waals surface area (Å²) >= 11 is 0. The van der Waals surface area contributed by atoms with Crippen molar-refractivity contribution in [1.82, 2.24) is 9.88 Å².